The predicted octanol–water partition coefficient (Wildman–Crippen LogP) is 4.86. The molecule has 2 aliphatic heterocycles. The van der Waals surface area contributed by atoms with E-state index in [0.29, 0.717) is 6.42 Å². The molecule has 3 atom stereocenters. The summed E-state index contributed by atoms with van der Waals surface area (Å²) in [4.78, 5) is 15.1. The van der Waals surface area contributed by atoms with Crippen LogP contribution in [0.3, 0.4) is 0 Å². The first-order valence-electron chi connectivity index (χ1n) is 13.1. The summed E-state index contributed by atoms with van der Waals surface area (Å²) in [7, 11) is 1.70. The van der Waals surface area contributed by atoms with Crippen LogP contribution in [0.15, 0.2) is 53.3 Å². The number of fused-ring (bicyclic) bond motifs is 1. The molecule has 7 heteroatoms. The molecule has 0 unspecified atom stereocenters. The molecule has 6 nitrogen and oxygen atoms in total. The van der Waals surface area contributed by atoms with Crippen LogP contribution in [0.4, 0.5) is 0 Å². The van der Waals surface area contributed by atoms with Gasteiger partial charge in [0.15, 0.2) is 11.5 Å². The molecule has 1 N–H and O–H groups in total. The number of methoxy groups -OCH3 is 1. The van der Waals surface area contributed by atoms with Gasteiger partial charge in [0, 0.05) is 25.1 Å². The first-order chi connectivity index (χ1) is 17.6. The van der Waals surface area contributed by atoms with E-state index in [2.05, 4.69) is 17.0 Å². The fourth-order valence-electron chi connectivity index (χ4n) is 6.29. The van der Waals surface area contributed by atoms with Gasteiger partial charge in [0.2, 0.25) is 0 Å². The Balaban J connectivity index is 1.07. The van der Waals surface area contributed by atoms with Gasteiger partial charge < -0.3 is 14.6 Å². The van der Waals surface area contributed by atoms with E-state index in [1.165, 1.54) is 17.5 Å². The zero-order valence-corrected chi connectivity index (χ0v) is 21.6. The number of aliphatic hydroxyl groups excluding tert-OH is 1. The lowest BCUT2D eigenvalue weighted by atomic mass is 9.69. The zero-order valence-electron chi connectivity index (χ0n) is 20.8. The summed E-state index contributed by atoms with van der Waals surface area (Å²) in [5.74, 6) is 1.66. The van der Waals surface area contributed by atoms with E-state index < -0.39 is 6.10 Å². The molecule has 190 valence electrons. The van der Waals surface area contributed by atoms with Gasteiger partial charge in [-0.05, 0) is 56.1 Å². The van der Waals surface area contributed by atoms with Crippen molar-refractivity contribution in [3.05, 3.63) is 70.0 Å². The average Bonchev–Trinajstić information content (AvgIpc) is 3.33. The van der Waals surface area contributed by atoms with Crippen molar-refractivity contribution >= 4 is 21.6 Å². The molecule has 36 heavy (non-hydrogen) atoms. The fourth-order valence-corrected chi connectivity index (χ4v) is 7.33. The Labute approximate surface area is 215 Å². The minimum absolute atomic E-state index is 0.0418. The maximum absolute atomic E-state index is 12.5. The Hall–Kier alpha value is -2.61. The van der Waals surface area contributed by atoms with Crippen LogP contribution in [0, 0.1) is 0 Å². The molecule has 0 saturated carbocycles. The number of nitrogens with zero attached hydrogens (tertiary/aromatic N) is 2. The third kappa shape index (κ3) is 4.07. The minimum atomic E-state index is -0.452. The summed E-state index contributed by atoms with van der Waals surface area (Å²) in [6.07, 6.45) is 9.77. The molecular weight excluding hydrogens is 472 g/mol. The molecule has 2 aromatic carbocycles. The molecule has 0 saturated heterocycles. The molecule has 3 heterocycles. The van der Waals surface area contributed by atoms with Gasteiger partial charge in [0.05, 0.1) is 28.7 Å². The first kappa shape index (κ1) is 23.8. The van der Waals surface area contributed by atoms with Crippen LogP contribution in [0.25, 0.3) is 10.1 Å². The van der Waals surface area contributed by atoms with Gasteiger partial charge in [0.25, 0.3) is 5.56 Å². The number of aryl methyl sites for hydroxylation is 1. The zero-order chi connectivity index (χ0) is 24.7. The lowest BCUT2D eigenvalue weighted by Gasteiger charge is -2.35. The third-order valence-corrected chi connectivity index (χ3v) is 9.29. The number of unbranched alkanes of at least 4 members (excludes halogenated alkanes) is 3. The summed E-state index contributed by atoms with van der Waals surface area (Å²) in [6.45, 7) is 3.80. The molecule has 1 spiro atoms. The van der Waals surface area contributed by atoms with Crippen molar-refractivity contribution in [1.82, 2.24) is 8.86 Å². The van der Waals surface area contributed by atoms with Crippen LogP contribution in [0.1, 0.15) is 49.7 Å². The molecule has 6 rings (SSSR count). The fraction of sp³-hybridized carbons (Fsp3) is 0.483. The van der Waals surface area contributed by atoms with Crippen molar-refractivity contribution in [3.8, 4) is 11.5 Å². The molecule has 0 bridgehead atoms. The van der Waals surface area contributed by atoms with Gasteiger partial charge in [-0.3, -0.25) is 13.7 Å². The van der Waals surface area contributed by atoms with E-state index in [4.69, 9.17) is 9.47 Å². The first-order valence-corrected chi connectivity index (χ1v) is 13.9. The predicted molar refractivity (Wildman–Crippen MR) is 143 cm³/mol. The van der Waals surface area contributed by atoms with Crippen molar-refractivity contribution in [2.75, 3.05) is 20.2 Å². The van der Waals surface area contributed by atoms with E-state index >= 15 is 0 Å². The Bertz CT molecular complexity index is 1340. The second kappa shape index (κ2) is 9.69. The Morgan fingerprint density at radius 3 is 2.81 bits per heavy atom. The van der Waals surface area contributed by atoms with Crippen LogP contribution in [0.5, 0.6) is 11.5 Å². The number of hydrogen-bond acceptors (Lipinski definition) is 6. The number of ether oxygens (including phenoxy) is 2. The normalized spacial score (nSPS) is 24.8. The molecule has 1 aliphatic carbocycles. The van der Waals surface area contributed by atoms with E-state index in [1.54, 1.807) is 18.6 Å². The Morgan fingerprint density at radius 2 is 1.97 bits per heavy atom. The smallest absolute Gasteiger partial charge is 0.268 e. The lowest BCUT2D eigenvalue weighted by molar-refractivity contribution is 0.0809. The van der Waals surface area contributed by atoms with Gasteiger partial charge in [-0.25, -0.2) is 0 Å². The lowest BCUT2D eigenvalue weighted by Crippen LogP contribution is -2.43. The molecular formula is C29H34N2O4S. The minimum Gasteiger partial charge on any atom is -0.493 e. The second-order valence-corrected chi connectivity index (χ2v) is 11.4. The monoisotopic (exact) mass is 506 g/mol. The van der Waals surface area contributed by atoms with E-state index in [-0.39, 0.29) is 17.1 Å². The summed E-state index contributed by atoms with van der Waals surface area (Å²) < 4.78 is 15.0. The molecule has 0 radical (unpaired) electrons. The highest BCUT2D eigenvalue weighted by atomic mass is 32.1. The van der Waals surface area contributed by atoms with Gasteiger partial charge >= 0.3 is 0 Å². The SMILES string of the molecule is COc1ccc2c3c1O[C@H]1C[C@@H](O)C=C[C@@]31CCN(CCCCCCn1sc3ccccc3c1=O)C2. The second-order valence-electron chi connectivity index (χ2n) is 10.4. The van der Waals surface area contributed by atoms with Crippen molar-refractivity contribution in [2.24, 2.45) is 0 Å². The topological polar surface area (TPSA) is 63.9 Å². The average molecular weight is 507 g/mol. The molecule has 3 aliphatic rings. The van der Waals surface area contributed by atoms with Crippen molar-refractivity contribution < 1.29 is 14.6 Å². The van der Waals surface area contributed by atoms with E-state index in [1.807, 2.05) is 40.4 Å². The highest BCUT2D eigenvalue weighted by Gasteiger charge is 2.52. The maximum atomic E-state index is 12.5. The quantitative estimate of drug-likeness (QED) is 0.349. The number of hydrogen-bond donors (Lipinski definition) is 1. The highest BCUT2D eigenvalue weighted by Crippen LogP contribution is 2.55. The summed E-state index contributed by atoms with van der Waals surface area (Å²) >= 11 is 1.58. The van der Waals surface area contributed by atoms with Crippen LogP contribution in [0.2, 0.25) is 0 Å². The third-order valence-electron chi connectivity index (χ3n) is 8.17. The van der Waals surface area contributed by atoms with Crippen molar-refractivity contribution in [3.63, 3.8) is 0 Å². The van der Waals surface area contributed by atoms with Crippen LogP contribution in [-0.4, -0.2) is 46.4 Å². The highest BCUT2D eigenvalue weighted by molar-refractivity contribution is 7.13. The number of rotatable bonds is 8. The van der Waals surface area contributed by atoms with E-state index in [0.717, 1.165) is 73.4 Å². The van der Waals surface area contributed by atoms with Gasteiger partial charge in [-0.2, -0.15) is 0 Å². The van der Waals surface area contributed by atoms with Crippen LogP contribution >= 0.6 is 11.5 Å². The Kier molecular flexibility index (Phi) is 6.40. The number of benzene rings is 2. The molecule has 1 aromatic heterocycles. The van der Waals surface area contributed by atoms with E-state index in [9.17, 15) is 9.90 Å². The Morgan fingerprint density at radius 1 is 1.14 bits per heavy atom. The van der Waals surface area contributed by atoms with Crippen LogP contribution in [-0.2, 0) is 18.5 Å². The van der Waals surface area contributed by atoms with Gasteiger partial charge in [-0.15, -0.1) is 0 Å². The van der Waals surface area contributed by atoms with Crippen molar-refractivity contribution in [2.45, 2.75) is 69.2 Å². The van der Waals surface area contributed by atoms with Gasteiger partial charge in [-0.1, -0.05) is 54.7 Å². The molecule has 0 fully saturated rings. The van der Waals surface area contributed by atoms with Gasteiger partial charge in [0.1, 0.15) is 6.10 Å². The number of aliphatic hydroxyl groups is 1. The maximum Gasteiger partial charge on any atom is 0.268 e. The van der Waals surface area contributed by atoms with Crippen molar-refractivity contribution in [1.29, 1.82) is 0 Å². The summed E-state index contributed by atoms with van der Waals surface area (Å²) in [5, 5.41) is 11.1. The molecule has 3 aromatic rings. The molecule has 0 amide bonds. The largest absolute Gasteiger partial charge is 0.493 e. The summed E-state index contributed by atoms with van der Waals surface area (Å²) in [6, 6.07) is 12.1. The summed E-state index contributed by atoms with van der Waals surface area (Å²) in [5.41, 5.74) is 2.56. The van der Waals surface area contributed by atoms with Crippen LogP contribution < -0.4 is 15.0 Å². The standard InChI is InChI=1S/C29H34N2O4S/c1-34-23-11-10-20-19-30(17-14-29-13-12-21(32)18-25(29)35-27(23)26(20)29)15-6-2-3-7-16-31-28(33)22-8-4-5-9-24(22)36-31/h4-5,8-13,21,25,32H,2-3,6-7,14-19H2,1H3/t21-,25-,29-/m0/s1. The number of aromatic nitrogens is 1.